The van der Waals surface area contributed by atoms with Crippen LogP contribution in [0, 0.1) is 5.92 Å². The highest BCUT2D eigenvalue weighted by molar-refractivity contribution is 6.05. The van der Waals surface area contributed by atoms with E-state index in [1.807, 2.05) is 25.1 Å². The lowest BCUT2D eigenvalue weighted by atomic mass is 10.1. The minimum absolute atomic E-state index is 0.114. The Bertz CT molecular complexity index is 977. The molecule has 2 aromatic heterocycles. The van der Waals surface area contributed by atoms with E-state index in [0.717, 1.165) is 12.8 Å². The number of furan rings is 1. The molecule has 4 rings (SSSR count). The average molecular weight is 364 g/mol. The monoisotopic (exact) mass is 364 g/mol. The van der Waals surface area contributed by atoms with Gasteiger partial charge in [0.1, 0.15) is 5.69 Å². The van der Waals surface area contributed by atoms with Gasteiger partial charge in [-0.15, -0.1) is 0 Å². The molecular weight excluding hydrogens is 344 g/mol. The minimum Gasteiger partial charge on any atom is -0.463 e. The zero-order valence-corrected chi connectivity index (χ0v) is 15.0. The first-order valence-corrected chi connectivity index (χ1v) is 9.02. The minimum atomic E-state index is -0.560. The number of hydrogen-bond donors (Lipinski definition) is 1. The van der Waals surface area contributed by atoms with Gasteiger partial charge in [0.25, 0.3) is 5.91 Å². The maximum Gasteiger partial charge on any atom is 0.339 e. The van der Waals surface area contributed by atoms with Crippen LogP contribution in [0.2, 0.25) is 0 Å². The summed E-state index contributed by atoms with van der Waals surface area (Å²) in [4.78, 5) is 29.2. The molecule has 0 bridgehead atoms. The summed E-state index contributed by atoms with van der Waals surface area (Å²) in [6.45, 7) is 1.67. The third-order valence-electron chi connectivity index (χ3n) is 4.76. The molecule has 1 amide bonds. The number of carbonyl (C=O) groups excluding carboxylic acids is 2. The number of aromatic nitrogens is 1. The first-order chi connectivity index (χ1) is 13.1. The number of fused-ring (bicyclic) bond motifs is 1. The lowest BCUT2D eigenvalue weighted by Gasteiger charge is -2.13. The van der Waals surface area contributed by atoms with E-state index in [2.05, 4.69) is 10.3 Å². The lowest BCUT2D eigenvalue weighted by molar-refractivity contribution is -0.124. The van der Waals surface area contributed by atoms with Crippen molar-refractivity contribution in [1.29, 1.82) is 0 Å². The van der Waals surface area contributed by atoms with Gasteiger partial charge in [-0.05, 0) is 49.9 Å². The normalized spacial score (nSPS) is 14.7. The molecule has 2 heterocycles. The van der Waals surface area contributed by atoms with Crippen LogP contribution >= 0.6 is 0 Å². The fraction of sp³-hybridized carbons (Fsp3) is 0.286. The van der Waals surface area contributed by atoms with Gasteiger partial charge in [0.15, 0.2) is 12.4 Å². The second kappa shape index (κ2) is 7.23. The third-order valence-corrected chi connectivity index (χ3v) is 4.76. The fourth-order valence-corrected chi connectivity index (χ4v) is 3.11. The number of benzene rings is 1. The molecule has 27 heavy (non-hydrogen) atoms. The molecule has 0 aliphatic heterocycles. The van der Waals surface area contributed by atoms with Gasteiger partial charge in [0, 0.05) is 11.4 Å². The Morgan fingerprint density at radius 2 is 2.07 bits per heavy atom. The summed E-state index contributed by atoms with van der Waals surface area (Å²) >= 11 is 0. The van der Waals surface area contributed by atoms with Crippen LogP contribution in [0.3, 0.4) is 0 Å². The molecule has 1 aliphatic carbocycles. The summed E-state index contributed by atoms with van der Waals surface area (Å²) in [5, 5.41) is 3.55. The van der Waals surface area contributed by atoms with Crippen molar-refractivity contribution in [3.8, 4) is 11.5 Å². The van der Waals surface area contributed by atoms with Crippen molar-refractivity contribution in [3.05, 3.63) is 54.3 Å². The predicted octanol–water partition coefficient (Wildman–Crippen LogP) is 3.57. The topological polar surface area (TPSA) is 81.4 Å². The van der Waals surface area contributed by atoms with Crippen LogP contribution in [-0.4, -0.2) is 29.5 Å². The van der Waals surface area contributed by atoms with E-state index < -0.39 is 5.97 Å². The van der Waals surface area contributed by atoms with E-state index in [9.17, 15) is 9.59 Å². The van der Waals surface area contributed by atoms with Gasteiger partial charge in [-0.3, -0.25) is 4.79 Å². The van der Waals surface area contributed by atoms with Gasteiger partial charge >= 0.3 is 5.97 Å². The van der Waals surface area contributed by atoms with E-state index in [0.29, 0.717) is 33.8 Å². The van der Waals surface area contributed by atoms with Crippen molar-refractivity contribution in [1.82, 2.24) is 10.3 Å². The van der Waals surface area contributed by atoms with Crippen LogP contribution in [0.15, 0.2) is 53.1 Å². The lowest BCUT2D eigenvalue weighted by Crippen LogP contribution is -2.37. The van der Waals surface area contributed by atoms with Crippen molar-refractivity contribution in [2.45, 2.75) is 25.8 Å². The Labute approximate surface area is 156 Å². The molecule has 1 N–H and O–H groups in total. The molecule has 0 spiro atoms. The Morgan fingerprint density at radius 3 is 2.81 bits per heavy atom. The van der Waals surface area contributed by atoms with Gasteiger partial charge in [-0.1, -0.05) is 18.2 Å². The second-order valence-electron chi connectivity index (χ2n) is 6.82. The second-order valence-corrected chi connectivity index (χ2v) is 6.82. The third kappa shape index (κ3) is 3.84. The van der Waals surface area contributed by atoms with Crippen LogP contribution < -0.4 is 5.32 Å². The molecule has 0 radical (unpaired) electrons. The number of ether oxygens (including phenoxy) is 1. The summed E-state index contributed by atoms with van der Waals surface area (Å²) in [6, 6.07) is 12.6. The first kappa shape index (κ1) is 17.3. The summed E-state index contributed by atoms with van der Waals surface area (Å²) in [5.41, 5.74) is 1.55. The Kier molecular flexibility index (Phi) is 4.62. The highest BCUT2D eigenvalue weighted by Gasteiger charge is 2.29. The molecule has 1 aliphatic rings. The van der Waals surface area contributed by atoms with Gasteiger partial charge in [0.2, 0.25) is 0 Å². The fourth-order valence-electron chi connectivity index (χ4n) is 3.11. The smallest absolute Gasteiger partial charge is 0.339 e. The molecule has 1 saturated carbocycles. The Morgan fingerprint density at radius 1 is 1.26 bits per heavy atom. The zero-order chi connectivity index (χ0) is 18.8. The van der Waals surface area contributed by atoms with Gasteiger partial charge < -0.3 is 14.5 Å². The van der Waals surface area contributed by atoms with E-state index in [-0.39, 0.29) is 18.6 Å². The maximum atomic E-state index is 12.7. The van der Waals surface area contributed by atoms with Crippen molar-refractivity contribution < 1.29 is 18.7 Å². The molecule has 1 fully saturated rings. The number of nitrogens with zero attached hydrogens (tertiary/aromatic N) is 1. The van der Waals surface area contributed by atoms with Gasteiger partial charge in [0.05, 0.1) is 17.3 Å². The van der Waals surface area contributed by atoms with Crippen molar-refractivity contribution in [2.75, 3.05) is 6.61 Å². The number of esters is 1. The van der Waals surface area contributed by atoms with Gasteiger partial charge in [-0.25, -0.2) is 9.78 Å². The van der Waals surface area contributed by atoms with Crippen molar-refractivity contribution in [2.24, 2.45) is 5.92 Å². The largest absolute Gasteiger partial charge is 0.463 e. The number of amides is 1. The highest BCUT2D eigenvalue weighted by atomic mass is 16.5. The maximum absolute atomic E-state index is 12.7. The molecule has 1 atom stereocenters. The van der Waals surface area contributed by atoms with E-state index in [1.54, 1.807) is 30.5 Å². The average Bonchev–Trinajstić information content (AvgIpc) is 3.39. The summed E-state index contributed by atoms with van der Waals surface area (Å²) in [6.07, 6.45) is 3.83. The summed E-state index contributed by atoms with van der Waals surface area (Å²) < 4.78 is 10.7. The molecule has 138 valence electrons. The molecule has 1 aromatic carbocycles. The Hall–Kier alpha value is -3.15. The molecule has 0 unspecified atom stereocenters. The number of rotatable bonds is 6. The van der Waals surface area contributed by atoms with Crippen LogP contribution in [0.5, 0.6) is 0 Å². The molecule has 0 saturated heterocycles. The van der Waals surface area contributed by atoms with Crippen molar-refractivity contribution >= 4 is 22.8 Å². The van der Waals surface area contributed by atoms with Crippen LogP contribution in [0.4, 0.5) is 0 Å². The SMILES string of the molecule is C[C@@H](NC(=O)COC(=O)c1cc(-c2ccco2)nc2ccccc12)C1CC1. The van der Waals surface area contributed by atoms with Crippen LogP contribution in [0.1, 0.15) is 30.1 Å². The molecule has 6 nitrogen and oxygen atoms in total. The first-order valence-electron chi connectivity index (χ1n) is 9.02. The standard InChI is InChI=1S/C21H20N2O4/c1-13(14-8-9-14)22-20(24)12-27-21(25)16-11-18(19-7-4-10-26-19)23-17-6-3-2-5-15(16)17/h2-7,10-11,13-14H,8-9,12H2,1H3,(H,22,24)/t13-/m1/s1. The number of para-hydroxylation sites is 1. The van der Waals surface area contributed by atoms with Crippen LogP contribution in [-0.2, 0) is 9.53 Å². The van der Waals surface area contributed by atoms with E-state index in [4.69, 9.17) is 9.15 Å². The molecule has 3 aromatic rings. The molecular formula is C21H20N2O4. The number of nitrogens with one attached hydrogen (secondary N) is 1. The number of pyridine rings is 1. The quantitative estimate of drug-likeness (QED) is 0.676. The van der Waals surface area contributed by atoms with Crippen LogP contribution in [0.25, 0.3) is 22.4 Å². The molecule has 6 heteroatoms. The zero-order valence-electron chi connectivity index (χ0n) is 15.0. The van der Waals surface area contributed by atoms with E-state index in [1.165, 1.54) is 0 Å². The highest BCUT2D eigenvalue weighted by Crippen LogP contribution is 2.32. The van der Waals surface area contributed by atoms with E-state index >= 15 is 0 Å². The predicted molar refractivity (Wildman–Crippen MR) is 100 cm³/mol. The summed E-state index contributed by atoms with van der Waals surface area (Å²) in [5.74, 6) is 0.262. The van der Waals surface area contributed by atoms with Crippen molar-refractivity contribution in [3.63, 3.8) is 0 Å². The number of carbonyl (C=O) groups is 2. The number of hydrogen-bond acceptors (Lipinski definition) is 5. The van der Waals surface area contributed by atoms with Gasteiger partial charge in [-0.2, -0.15) is 0 Å². The summed E-state index contributed by atoms with van der Waals surface area (Å²) in [7, 11) is 0. The Balaban J connectivity index is 1.54.